The van der Waals surface area contributed by atoms with Gasteiger partial charge in [-0.1, -0.05) is 6.42 Å². The highest BCUT2D eigenvalue weighted by Crippen LogP contribution is 2.26. The molecule has 0 aromatic rings. The van der Waals surface area contributed by atoms with Crippen molar-refractivity contribution < 1.29 is 0 Å². The first-order valence-corrected chi connectivity index (χ1v) is 4.17. The van der Waals surface area contributed by atoms with E-state index in [2.05, 4.69) is 0 Å². The number of hydrogen-bond donors (Lipinski definition) is 1. The van der Waals surface area contributed by atoms with Gasteiger partial charge < -0.3 is 5.73 Å². The van der Waals surface area contributed by atoms with Crippen LogP contribution in [0.2, 0.25) is 0 Å². The fourth-order valence-electron chi connectivity index (χ4n) is 0.879. The normalized spacial score (nSPS) is 36.4. The van der Waals surface area contributed by atoms with E-state index >= 15 is 0 Å². The third-order valence-electron chi connectivity index (χ3n) is 1.35. The highest BCUT2D eigenvalue weighted by atomic mass is 31.1. The summed E-state index contributed by atoms with van der Waals surface area (Å²) < 4.78 is 0. The van der Waals surface area contributed by atoms with Crippen LogP contribution in [0.4, 0.5) is 0 Å². The Morgan fingerprint density at radius 1 is 1.43 bits per heavy atom. The molecule has 0 radical (unpaired) electrons. The lowest BCUT2D eigenvalue weighted by atomic mass is 10.2. The molecule has 1 aliphatic heterocycles. The molecule has 1 nitrogen and oxygen atoms in total. The average Bonchev–Trinajstić information content (AvgIpc) is 1.69. The van der Waals surface area contributed by atoms with Gasteiger partial charge in [0.05, 0.1) is 0 Å². The molecule has 1 rings (SSSR count). The molecule has 0 aliphatic carbocycles. The van der Waals surface area contributed by atoms with E-state index in [9.17, 15) is 0 Å². The summed E-state index contributed by atoms with van der Waals surface area (Å²) in [5.74, 6) is 0.564. The van der Waals surface area contributed by atoms with E-state index in [-0.39, 0.29) is 0 Å². The van der Waals surface area contributed by atoms with E-state index in [0.717, 1.165) is 8.58 Å². The van der Waals surface area contributed by atoms with Crippen LogP contribution in [0.15, 0.2) is 0 Å². The minimum absolute atomic E-state index is 0.564. The van der Waals surface area contributed by atoms with Crippen LogP contribution >= 0.6 is 8.58 Å². The number of nitrogens with two attached hydrogens (primary N) is 1. The molecule has 1 fully saturated rings. The molecular formula is C5H12NP. The maximum Gasteiger partial charge on any atom is 0.0213 e. The minimum atomic E-state index is 0.564. The molecule has 2 heteroatoms. The summed E-state index contributed by atoms with van der Waals surface area (Å²) in [4.78, 5) is 0. The van der Waals surface area contributed by atoms with Crippen molar-refractivity contribution >= 4 is 8.58 Å². The zero-order valence-electron chi connectivity index (χ0n) is 4.48. The van der Waals surface area contributed by atoms with Crippen LogP contribution in [0.25, 0.3) is 0 Å². The summed E-state index contributed by atoms with van der Waals surface area (Å²) in [5.41, 5.74) is 5.65. The molecule has 1 saturated heterocycles. The Kier molecular flexibility index (Phi) is 2.08. The molecule has 1 heterocycles. The molecular weight excluding hydrogens is 105 g/mol. The van der Waals surface area contributed by atoms with Gasteiger partial charge in [0.25, 0.3) is 0 Å². The van der Waals surface area contributed by atoms with E-state index in [1.165, 1.54) is 25.4 Å². The Hall–Kier alpha value is 0.390. The van der Waals surface area contributed by atoms with Crippen molar-refractivity contribution in [2.24, 2.45) is 5.73 Å². The van der Waals surface area contributed by atoms with Crippen LogP contribution < -0.4 is 5.73 Å². The Labute approximate surface area is 46.4 Å². The van der Waals surface area contributed by atoms with Crippen molar-refractivity contribution in [2.75, 3.05) is 6.16 Å². The third-order valence-corrected chi connectivity index (χ3v) is 2.80. The Bertz CT molecular complexity index is 50.0. The van der Waals surface area contributed by atoms with E-state index < -0.39 is 0 Å². The molecule has 1 aliphatic rings. The first-order valence-electron chi connectivity index (χ1n) is 2.88. The Morgan fingerprint density at radius 2 is 2.29 bits per heavy atom. The van der Waals surface area contributed by atoms with Crippen molar-refractivity contribution in [3.63, 3.8) is 0 Å². The third kappa shape index (κ3) is 1.75. The summed E-state index contributed by atoms with van der Waals surface area (Å²) >= 11 is 0. The van der Waals surface area contributed by atoms with Crippen molar-refractivity contribution in [3.05, 3.63) is 0 Å². The van der Waals surface area contributed by atoms with Crippen LogP contribution in [0.1, 0.15) is 19.3 Å². The Balaban J connectivity index is 2.12. The molecule has 0 aromatic heterocycles. The van der Waals surface area contributed by atoms with Crippen LogP contribution in [0, 0.1) is 0 Å². The van der Waals surface area contributed by atoms with Crippen LogP contribution in [0.3, 0.4) is 0 Å². The smallest absolute Gasteiger partial charge is 0.0213 e. The van der Waals surface area contributed by atoms with Gasteiger partial charge in [-0.25, -0.2) is 0 Å². The number of rotatable bonds is 0. The van der Waals surface area contributed by atoms with Crippen molar-refractivity contribution in [3.8, 4) is 0 Å². The van der Waals surface area contributed by atoms with Gasteiger partial charge in [-0.3, -0.25) is 0 Å². The van der Waals surface area contributed by atoms with E-state index in [1.54, 1.807) is 0 Å². The summed E-state index contributed by atoms with van der Waals surface area (Å²) in [6.45, 7) is 0. The molecule has 2 atom stereocenters. The van der Waals surface area contributed by atoms with Crippen molar-refractivity contribution in [1.29, 1.82) is 0 Å². The van der Waals surface area contributed by atoms with Gasteiger partial charge in [0.2, 0.25) is 0 Å². The molecule has 0 saturated carbocycles. The highest BCUT2D eigenvalue weighted by Gasteiger charge is 2.05. The highest BCUT2D eigenvalue weighted by molar-refractivity contribution is 7.38. The van der Waals surface area contributed by atoms with Gasteiger partial charge in [-0.05, 0) is 19.0 Å². The maximum atomic E-state index is 5.65. The zero-order valence-corrected chi connectivity index (χ0v) is 5.48. The predicted octanol–water partition coefficient (Wildman–Crippen LogP) is 1.13. The largest absolute Gasteiger partial charge is 0.324 e. The zero-order chi connectivity index (χ0) is 5.11. The lowest BCUT2D eigenvalue weighted by molar-refractivity contribution is 0.672. The maximum absolute atomic E-state index is 5.65. The summed E-state index contributed by atoms with van der Waals surface area (Å²) in [6, 6.07) is 0. The predicted molar refractivity (Wildman–Crippen MR) is 35.0 cm³/mol. The molecule has 2 unspecified atom stereocenters. The second kappa shape index (κ2) is 2.64. The molecule has 0 spiro atoms. The lowest BCUT2D eigenvalue weighted by Gasteiger charge is -2.15. The second-order valence-electron chi connectivity index (χ2n) is 2.06. The monoisotopic (exact) mass is 117 g/mol. The first-order chi connectivity index (χ1) is 3.39. The topological polar surface area (TPSA) is 26.0 Å². The van der Waals surface area contributed by atoms with Gasteiger partial charge in [-0.2, -0.15) is 0 Å². The average molecular weight is 117 g/mol. The molecule has 0 bridgehead atoms. The van der Waals surface area contributed by atoms with E-state index in [4.69, 9.17) is 5.73 Å². The standard InChI is InChI=1S/C5H12NP/c6-5-3-1-2-4-7-5/h5,7H,1-4,6H2. The fourth-order valence-corrected chi connectivity index (χ4v) is 2.11. The minimum Gasteiger partial charge on any atom is -0.324 e. The molecule has 2 N–H and O–H groups in total. The van der Waals surface area contributed by atoms with Crippen molar-refractivity contribution in [1.82, 2.24) is 0 Å². The fraction of sp³-hybridized carbons (Fsp3) is 1.00. The SMILES string of the molecule is NC1CCCCP1. The lowest BCUT2D eigenvalue weighted by Crippen LogP contribution is -2.17. The summed E-state index contributed by atoms with van der Waals surface area (Å²) in [5, 5.41) is 0. The second-order valence-corrected chi connectivity index (χ2v) is 3.71. The summed E-state index contributed by atoms with van der Waals surface area (Å²) in [7, 11) is 1.05. The van der Waals surface area contributed by atoms with Crippen molar-refractivity contribution in [2.45, 2.75) is 25.0 Å². The van der Waals surface area contributed by atoms with Crippen LogP contribution in [-0.4, -0.2) is 11.9 Å². The van der Waals surface area contributed by atoms with Gasteiger partial charge in [0, 0.05) is 5.78 Å². The molecule has 7 heavy (non-hydrogen) atoms. The summed E-state index contributed by atoms with van der Waals surface area (Å²) in [6.07, 6.45) is 5.46. The van der Waals surface area contributed by atoms with E-state index in [0.29, 0.717) is 5.78 Å². The van der Waals surface area contributed by atoms with Gasteiger partial charge in [0.1, 0.15) is 0 Å². The Morgan fingerprint density at radius 3 is 2.57 bits per heavy atom. The van der Waals surface area contributed by atoms with Gasteiger partial charge in [0.15, 0.2) is 0 Å². The molecule has 0 aromatic carbocycles. The quantitative estimate of drug-likeness (QED) is 0.473. The molecule has 42 valence electrons. The number of hydrogen-bond acceptors (Lipinski definition) is 1. The van der Waals surface area contributed by atoms with Crippen LogP contribution in [-0.2, 0) is 0 Å². The van der Waals surface area contributed by atoms with Gasteiger partial charge >= 0.3 is 0 Å². The van der Waals surface area contributed by atoms with Crippen LogP contribution in [0.5, 0.6) is 0 Å². The molecule has 0 amide bonds. The first kappa shape index (κ1) is 5.53. The van der Waals surface area contributed by atoms with E-state index in [1.807, 2.05) is 0 Å². The van der Waals surface area contributed by atoms with Gasteiger partial charge in [-0.15, -0.1) is 8.58 Å².